The first kappa shape index (κ1) is 14.3. The molecule has 0 saturated carbocycles. The summed E-state index contributed by atoms with van der Waals surface area (Å²) < 4.78 is 14.9. The zero-order valence-corrected chi connectivity index (χ0v) is 9.75. The molecule has 0 aliphatic carbocycles. The SMILES string of the molecule is CCOC(=O)C(C)NCCOCCOC. The van der Waals surface area contributed by atoms with E-state index in [2.05, 4.69) is 5.32 Å². The van der Waals surface area contributed by atoms with Crippen molar-refractivity contribution in [1.29, 1.82) is 0 Å². The van der Waals surface area contributed by atoms with Crippen LogP contribution in [0, 0.1) is 0 Å². The van der Waals surface area contributed by atoms with Crippen molar-refractivity contribution in [3.05, 3.63) is 0 Å². The lowest BCUT2D eigenvalue weighted by molar-refractivity contribution is -0.145. The molecule has 0 aromatic rings. The highest BCUT2D eigenvalue weighted by molar-refractivity contribution is 5.75. The molecule has 0 radical (unpaired) electrons. The molecule has 0 aromatic heterocycles. The van der Waals surface area contributed by atoms with Gasteiger partial charge in [0.1, 0.15) is 6.04 Å². The molecule has 0 aromatic carbocycles. The van der Waals surface area contributed by atoms with Gasteiger partial charge in [0.25, 0.3) is 0 Å². The maximum atomic E-state index is 11.2. The van der Waals surface area contributed by atoms with Crippen molar-refractivity contribution in [1.82, 2.24) is 5.32 Å². The summed E-state index contributed by atoms with van der Waals surface area (Å²) in [5.74, 6) is -0.227. The summed E-state index contributed by atoms with van der Waals surface area (Å²) in [6.45, 7) is 6.33. The van der Waals surface area contributed by atoms with Gasteiger partial charge < -0.3 is 19.5 Å². The Morgan fingerprint density at radius 2 is 2.07 bits per heavy atom. The van der Waals surface area contributed by atoms with E-state index in [4.69, 9.17) is 14.2 Å². The minimum absolute atomic E-state index is 0.227. The highest BCUT2D eigenvalue weighted by Gasteiger charge is 2.11. The number of methoxy groups -OCH3 is 1. The Labute approximate surface area is 91.1 Å². The molecule has 0 aliphatic rings. The van der Waals surface area contributed by atoms with Crippen molar-refractivity contribution in [2.75, 3.05) is 40.1 Å². The van der Waals surface area contributed by atoms with Crippen molar-refractivity contribution in [3.63, 3.8) is 0 Å². The summed E-state index contributed by atoms with van der Waals surface area (Å²) in [4.78, 5) is 11.2. The average Bonchev–Trinajstić information content (AvgIpc) is 2.23. The van der Waals surface area contributed by atoms with Gasteiger partial charge in [0.15, 0.2) is 0 Å². The third kappa shape index (κ3) is 8.35. The van der Waals surface area contributed by atoms with Crippen LogP contribution in [-0.2, 0) is 19.0 Å². The highest BCUT2D eigenvalue weighted by atomic mass is 16.5. The van der Waals surface area contributed by atoms with Gasteiger partial charge in [-0.05, 0) is 13.8 Å². The number of carbonyl (C=O) groups excluding carboxylic acids is 1. The number of nitrogens with one attached hydrogen (secondary N) is 1. The normalized spacial score (nSPS) is 12.5. The molecule has 0 saturated heterocycles. The standard InChI is InChI=1S/C10H21NO4/c1-4-15-10(12)9(2)11-5-6-14-8-7-13-3/h9,11H,4-8H2,1-3H3. The first-order chi connectivity index (χ1) is 7.22. The van der Waals surface area contributed by atoms with Crippen LogP contribution in [0.5, 0.6) is 0 Å². The number of esters is 1. The second kappa shape index (κ2) is 9.89. The lowest BCUT2D eigenvalue weighted by Crippen LogP contribution is -2.37. The topological polar surface area (TPSA) is 56.8 Å². The molecule has 0 heterocycles. The van der Waals surface area contributed by atoms with E-state index in [1.54, 1.807) is 21.0 Å². The molecule has 0 amide bonds. The van der Waals surface area contributed by atoms with Crippen LogP contribution in [0.4, 0.5) is 0 Å². The van der Waals surface area contributed by atoms with Gasteiger partial charge in [-0.1, -0.05) is 0 Å². The van der Waals surface area contributed by atoms with Gasteiger partial charge in [-0.25, -0.2) is 0 Å². The summed E-state index contributed by atoms with van der Waals surface area (Å²) in [6.07, 6.45) is 0. The van der Waals surface area contributed by atoms with Crippen LogP contribution < -0.4 is 5.32 Å². The van der Waals surface area contributed by atoms with Gasteiger partial charge >= 0.3 is 5.97 Å². The van der Waals surface area contributed by atoms with Crippen molar-refractivity contribution < 1.29 is 19.0 Å². The van der Waals surface area contributed by atoms with E-state index in [0.29, 0.717) is 33.0 Å². The Morgan fingerprint density at radius 3 is 2.67 bits per heavy atom. The molecule has 1 unspecified atom stereocenters. The molecular formula is C10H21NO4. The number of carbonyl (C=O) groups is 1. The monoisotopic (exact) mass is 219 g/mol. The maximum Gasteiger partial charge on any atom is 0.322 e. The Kier molecular flexibility index (Phi) is 9.46. The van der Waals surface area contributed by atoms with Crippen molar-refractivity contribution in [2.45, 2.75) is 19.9 Å². The van der Waals surface area contributed by atoms with Gasteiger partial charge in [-0.3, -0.25) is 4.79 Å². The Hall–Kier alpha value is -0.650. The smallest absolute Gasteiger partial charge is 0.322 e. The third-order valence-corrected chi connectivity index (χ3v) is 1.77. The molecule has 0 aliphatic heterocycles. The van der Waals surface area contributed by atoms with Gasteiger partial charge in [-0.2, -0.15) is 0 Å². The van der Waals surface area contributed by atoms with Crippen LogP contribution >= 0.6 is 0 Å². The fraction of sp³-hybridized carbons (Fsp3) is 0.900. The van der Waals surface area contributed by atoms with E-state index in [0.717, 1.165) is 0 Å². The summed E-state index contributed by atoms with van der Waals surface area (Å²) in [5, 5.41) is 3.00. The lowest BCUT2D eigenvalue weighted by atomic mass is 10.3. The summed E-state index contributed by atoms with van der Waals surface area (Å²) >= 11 is 0. The zero-order valence-electron chi connectivity index (χ0n) is 9.75. The molecular weight excluding hydrogens is 198 g/mol. The van der Waals surface area contributed by atoms with E-state index in [9.17, 15) is 4.79 Å². The second-order valence-corrected chi connectivity index (χ2v) is 3.03. The minimum Gasteiger partial charge on any atom is -0.465 e. The van der Waals surface area contributed by atoms with E-state index < -0.39 is 0 Å². The van der Waals surface area contributed by atoms with Crippen LogP contribution in [0.1, 0.15) is 13.8 Å². The van der Waals surface area contributed by atoms with Crippen LogP contribution in [0.25, 0.3) is 0 Å². The zero-order chi connectivity index (χ0) is 11.5. The largest absolute Gasteiger partial charge is 0.465 e. The van der Waals surface area contributed by atoms with E-state index >= 15 is 0 Å². The number of rotatable bonds is 9. The molecule has 5 heteroatoms. The summed E-state index contributed by atoms with van der Waals surface area (Å²) in [5.41, 5.74) is 0. The number of hydrogen-bond donors (Lipinski definition) is 1. The molecule has 0 fully saturated rings. The molecule has 0 spiro atoms. The summed E-state index contributed by atoms with van der Waals surface area (Å²) in [6, 6.07) is -0.282. The Bertz CT molecular complexity index is 164. The fourth-order valence-corrected chi connectivity index (χ4v) is 0.943. The van der Waals surface area contributed by atoms with E-state index in [1.807, 2.05) is 0 Å². The van der Waals surface area contributed by atoms with Crippen molar-refractivity contribution in [3.8, 4) is 0 Å². The first-order valence-electron chi connectivity index (χ1n) is 5.19. The second-order valence-electron chi connectivity index (χ2n) is 3.03. The minimum atomic E-state index is -0.282. The quantitative estimate of drug-likeness (QED) is 0.443. The van der Waals surface area contributed by atoms with Crippen LogP contribution in [0.2, 0.25) is 0 Å². The molecule has 0 bridgehead atoms. The summed E-state index contributed by atoms with van der Waals surface area (Å²) in [7, 11) is 1.63. The molecule has 15 heavy (non-hydrogen) atoms. The Balaban J connectivity index is 3.30. The molecule has 1 atom stereocenters. The Morgan fingerprint density at radius 1 is 1.33 bits per heavy atom. The van der Waals surface area contributed by atoms with Crippen LogP contribution in [-0.4, -0.2) is 52.1 Å². The van der Waals surface area contributed by atoms with E-state index in [-0.39, 0.29) is 12.0 Å². The molecule has 0 rings (SSSR count). The molecule has 90 valence electrons. The molecule has 5 nitrogen and oxygen atoms in total. The third-order valence-electron chi connectivity index (χ3n) is 1.77. The average molecular weight is 219 g/mol. The van der Waals surface area contributed by atoms with Gasteiger partial charge in [-0.15, -0.1) is 0 Å². The van der Waals surface area contributed by atoms with Crippen molar-refractivity contribution >= 4 is 5.97 Å². The lowest BCUT2D eigenvalue weighted by Gasteiger charge is -2.12. The highest BCUT2D eigenvalue weighted by Crippen LogP contribution is 1.87. The maximum absolute atomic E-state index is 11.2. The van der Waals surface area contributed by atoms with Gasteiger partial charge in [0.05, 0.1) is 26.4 Å². The van der Waals surface area contributed by atoms with Crippen molar-refractivity contribution in [2.24, 2.45) is 0 Å². The first-order valence-corrected chi connectivity index (χ1v) is 5.19. The van der Waals surface area contributed by atoms with E-state index in [1.165, 1.54) is 0 Å². The van der Waals surface area contributed by atoms with Crippen LogP contribution in [0.3, 0.4) is 0 Å². The number of hydrogen-bond acceptors (Lipinski definition) is 5. The number of ether oxygens (including phenoxy) is 3. The fourth-order valence-electron chi connectivity index (χ4n) is 0.943. The van der Waals surface area contributed by atoms with Crippen LogP contribution in [0.15, 0.2) is 0 Å². The van der Waals surface area contributed by atoms with Gasteiger partial charge in [0, 0.05) is 13.7 Å². The predicted octanol–water partition coefficient (Wildman–Crippen LogP) is 0.191. The molecule has 1 N–H and O–H groups in total. The van der Waals surface area contributed by atoms with Gasteiger partial charge in [0.2, 0.25) is 0 Å². The predicted molar refractivity (Wildman–Crippen MR) is 56.8 cm³/mol.